The highest BCUT2D eigenvalue weighted by Gasteiger charge is 2.25. The number of fused-ring (bicyclic) bond motifs is 2. The van der Waals surface area contributed by atoms with Crippen molar-refractivity contribution in [1.82, 2.24) is 9.38 Å². The number of hydrogen-bond donors (Lipinski definition) is 1. The minimum atomic E-state index is -0.544. The molecule has 25 heavy (non-hydrogen) atoms. The van der Waals surface area contributed by atoms with E-state index in [4.69, 9.17) is 10.5 Å². The SMILES string of the molecule is CCOC(=O)c1cc2c(=O)n3ccccc3nc2[n+](CC(C)C)c1N. The van der Waals surface area contributed by atoms with Crippen LogP contribution in [0.4, 0.5) is 5.82 Å². The van der Waals surface area contributed by atoms with Crippen molar-refractivity contribution in [2.45, 2.75) is 27.3 Å². The molecular weight excluding hydrogens is 320 g/mol. The molecule has 0 aliphatic rings. The number of nitrogens with zero attached hydrogens (tertiary/aromatic N) is 3. The molecule has 3 heterocycles. The van der Waals surface area contributed by atoms with Gasteiger partial charge in [-0.05, 0) is 31.0 Å². The van der Waals surface area contributed by atoms with Gasteiger partial charge in [0.25, 0.3) is 11.2 Å². The molecule has 2 N–H and O–H groups in total. The first kappa shape index (κ1) is 16.9. The van der Waals surface area contributed by atoms with Crippen molar-refractivity contribution < 1.29 is 14.1 Å². The van der Waals surface area contributed by atoms with E-state index in [1.807, 2.05) is 19.9 Å². The van der Waals surface area contributed by atoms with Gasteiger partial charge in [-0.15, -0.1) is 0 Å². The molecule has 0 unspecified atom stereocenters. The van der Waals surface area contributed by atoms with Gasteiger partial charge in [0.15, 0.2) is 0 Å². The first-order valence-corrected chi connectivity index (χ1v) is 8.24. The normalized spacial score (nSPS) is 11.4. The average Bonchev–Trinajstić information content (AvgIpc) is 2.57. The number of esters is 1. The maximum atomic E-state index is 12.9. The van der Waals surface area contributed by atoms with Crippen LogP contribution in [0, 0.1) is 5.92 Å². The van der Waals surface area contributed by atoms with Crippen LogP contribution in [0.5, 0.6) is 0 Å². The van der Waals surface area contributed by atoms with Crippen molar-refractivity contribution in [2.75, 3.05) is 12.3 Å². The van der Waals surface area contributed by atoms with E-state index in [0.717, 1.165) is 0 Å². The largest absolute Gasteiger partial charge is 0.462 e. The maximum absolute atomic E-state index is 12.9. The fraction of sp³-hybridized carbons (Fsp3) is 0.333. The van der Waals surface area contributed by atoms with Crippen LogP contribution in [-0.4, -0.2) is 22.0 Å². The highest BCUT2D eigenvalue weighted by molar-refractivity contribution is 5.96. The first-order valence-electron chi connectivity index (χ1n) is 8.24. The van der Waals surface area contributed by atoms with Crippen LogP contribution in [0.2, 0.25) is 0 Å². The summed E-state index contributed by atoms with van der Waals surface area (Å²) in [5, 5.41) is 0.335. The van der Waals surface area contributed by atoms with Crippen LogP contribution in [0.25, 0.3) is 16.7 Å². The lowest BCUT2D eigenvalue weighted by Gasteiger charge is -2.13. The number of pyridine rings is 2. The lowest BCUT2D eigenvalue weighted by atomic mass is 10.1. The number of ether oxygens (including phenoxy) is 1. The molecule has 0 bridgehead atoms. The number of carbonyl (C=O) groups excluding carboxylic acids is 1. The molecule has 0 saturated heterocycles. The predicted octanol–water partition coefficient (Wildman–Crippen LogP) is 1.55. The third-order valence-electron chi connectivity index (χ3n) is 3.90. The fourth-order valence-corrected chi connectivity index (χ4v) is 2.82. The number of carbonyl (C=O) groups is 1. The smallest absolute Gasteiger partial charge is 0.344 e. The summed E-state index contributed by atoms with van der Waals surface area (Å²) in [4.78, 5) is 29.8. The van der Waals surface area contributed by atoms with Gasteiger partial charge in [0.05, 0.1) is 13.2 Å². The predicted molar refractivity (Wildman–Crippen MR) is 94.4 cm³/mol. The molecule has 0 fully saturated rings. The van der Waals surface area contributed by atoms with Crippen LogP contribution < -0.4 is 15.9 Å². The van der Waals surface area contributed by atoms with E-state index in [1.165, 1.54) is 10.5 Å². The summed E-state index contributed by atoms with van der Waals surface area (Å²) in [6.07, 6.45) is 1.65. The lowest BCUT2D eigenvalue weighted by molar-refractivity contribution is -0.664. The monoisotopic (exact) mass is 341 g/mol. The quantitative estimate of drug-likeness (QED) is 0.442. The van der Waals surface area contributed by atoms with Gasteiger partial charge in [-0.2, -0.15) is 0 Å². The Hall–Kier alpha value is -2.96. The third-order valence-corrected chi connectivity index (χ3v) is 3.90. The Labute approximate surface area is 144 Å². The minimum absolute atomic E-state index is 0.185. The molecule has 130 valence electrons. The molecule has 7 heteroatoms. The number of aromatic nitrogens is 3. The van der Waals surface area contributed by atoms with Crippen LogP contribution in [0.1, 0.15) is 31.1 Å². The lowest BCUT2D eigenvalue weighted by Crippen LogP contribution is -2.43. The van der Waals surface area contributed by atoms with E-state index in [-0.39, 0.29) is 29.5 Å². The summed E-state index contributed by atoms with van der Waals surface area (Å²) >= 11 is 0. The molecule has 3 aromatic heterocycles. The van der Waals surface area contributed by atoms with Gasteiger partial charge in [0.2, 0.25) is 11.5 Å². The number of anilines is 1. The van der Waals surface area contributed by atoms with Gasteiger partial charge in [-0.25, -0.2) is 9.36 Å². The van der Waals surface area contributed by atoms with Gasteiger partial charge >= 0.3 is 5.97 Å². The molecule has 0 amide bonds. The number of rotatable bonds is 4. The molecule has 3 aromatic rings. The molecule has 0 spiro atoms. The Bertz CT molecular complexity index is 1020. The number of hydrogen-bond acceptors (Lipinski definition) is 5. The summed E-state index contributed by atoms with van der Waals surface area (Å²) < 4.78 is 8.26. The minimum Gasteiger partial charge on any atom is -0.462 e. The van der Waals surface area contributed by atoms with Gasteiger partial charge in [-0.1, -0.05) is 24.9 Å². The van der Waals surface area contributed by atoms with Crippen LogP contribution in [0.3, 0.4) is 0 Å². The van der Waals surface area contributed by atoms with Crippen molar-refractivity contribution in [1.29, 1.82) is 0 Å². The topological polar surface area (TPSA) is 90.6 Å². The molecule has 0 saturated carbocycles. The second-order valence-electron chi connectivity index (χ2n) is 6.25. The standard InChI is InChI=1S/C18H20N4O3/c1-4-25-18(24)12-9-13-16(22(15(12)19)10-11(2)3)20-14-7-5-6-8-21(14)17(13)23/h5-9,11,19H,4,10H2,1-3H3/p+1. The first-order chi connectivity index (χ1) is 11.9. The van der Waals surface area contributed by atoms with Crippen LogP contribution in [0.15, 0.2) is 35.3 Å². The Balaban J connectivity index is 2.43. The summed E-state index contributed by atoms with van der Waals surface area (Å²) in [5.41, 5.74) is 7.17. The van der Waals surface area contributed by atoms with Crippen molar-refractivity contribution in [3.05, 3.63) is 46.4 Å². The number of nitrogens with two attached hydrogens (primary N) is 1. The van der Waals surface area contributed by atoms with E-state index < -0.39 is 5.97 Å². The zero-order chi connectivity index (χ0) is 18.1. The van der Waals surface area contributed by atoms with Gasteiger partial charge in [-0.3, -0.25) is 9.20 Å². The van der Waals surface area contributed by atoms with Gasteiger partial charge in [0, 0.05) is 6.20 Å². The second kappa shape index (κ2) is 6.51. The zero-order valence-corrected chi connectivity index (χ0v) is 14.5. The molecule has 0 aliphatic heterocycles. The van der Waals surface area contributed by atoms with Crippen LogP contribution >= 0.6 is 0 Å². The van der Waals surface area contributed by atoms with Crippen molar-refractivity contribution in [3.8, 4) is 0 Å². The van der Waals surface area contributed by atoms with E-state index in [9.17, 15) is 9.59 Å². The molecule has 3 rings (SSSR count). The molecule has 0 aliphatic carbocycles. The Morgan fingerprint density at radius 1 is 1.40 bits per heavy atom. The van der Waals surface area contributed by atoms with E-state index in [2.05, 4.69) is 4.98 Å². The Morgan fingerprint density at radius 3 is 2.84 bits per heavy atom. The van der Waals surface area contributed by atoms with Crippen molar-refractivity contribution in [2.24, 2.45) is 5.92 Å². The van der Waals surface area contributed by atoms with E-state index in [0.29, 0.717) is 23.2 Å². The van der Waals surface area contributed by atoms with Crippen LogP contribution in [-0.2, 0) is 11.3 Å². The summed E-state index contributed by atoms with van der Waals surface area (Å²) in [7, 11) is 0. The van der Waals surface area contributed by atoms with Gasteiger partial charge < -0.3 is 10.5 Å². The third kappa shape index (κ3) is 2.93. The molecule has 0 radical (unpaired) electrons. The van der Waals surface area contributed by atoms with E-state index >= 15 is 0 Å². The molecule has 0 atom stereocenters. The van der Waals surface area contributed by atoms with Gasteiger partial charge in [0.1, 0.15) is 10.9 Å². The summed E-state index contributed by atoms with van der Waals surface area (Å²) in [5.74, 6) is -0.0345. The highest BCUT2D eigenvalue weighted by Crippen LogP contribution is 2.16. The highest BCUT2D eigenvalue weighted by atomic mass is 16.5. The fourth-order valence-electron chi connectivity index (χ4n) is 2.82. The molecule has 7 nitrogen and oxygen atoms in total. The van der Waals surface area contributed by atoms with Crippen molar-refractivity contribution in [3.63, 3.8) is 0 Å². The summed E-state index contributed by atoms with van der Waals surface area (Å²) in [6.45, 7) is 6.55. The Kier molecular flexibility index (Phi) is 4.39. The Morgan fingerprint density at radius 2 is 2.16 bits per heavy atom. The van der Waals surface area contributed by atoms with E-state index in [1.54, 1.807) is 29.8 Å². The van der Waals surface area contributed by atoms with Crippen molar-refractivity contribution >= 4 is 28.5 Å². The second-order valence-corrected chi connectivity index (χ2v) is 6.25. The molecular formula is C18H21N4O3+. The average molecular weight is 341 g/mol. The zero-order valence-electron chi connectivity index (χ0n) is 14.5. The summed E-state index contributed by atoms with van der Waals surface area (Å²) in [6, 6.07) is 6.81. The molecule has 0 aromatic carbocycles. The maximum Gasteiger partial charge on any atom is 0.344 e. The number of nitrogen functional groups attached to an aromatic ring is 1.